The molecule has 0 saturated heterocycles. The summed E-state index contributed by atoms with van der Waals surface area (Å²) in [5.74, 6) is -1.76. The molecule has 0 amide bonds. The largest absolute Gasteiger partial charge is 0.490 e. The van der Waals surface area contributed by atoms with Crippen LogP contribution in [0.2, 0.25) is 0 Å². The SMILES string of the molecule is CC(C)COc1cc(CCO)cc(F)c1F. The van der Waals surface area contributed by atoms with Crippen molar-refractivity contribution in [2.75, 3.05) is 13.2 Å². The van der Waals surface area contributed by atoms with Crippen LogP contribution in [0.15, 0.2) is 12.1 Å². The van der Waals surface area contributed by atoms with Crippen molar-refractivity contribution >= 4 is 0 Å². The van der Waals surface area contributed by atoms with Crippen LogP contribution in [0, 0.1) is 17.6 Å². The Kier molecular flexibility index (Phi) is 4.68. The average molecular weight is 230 g/mol. The Labute approximate surface area is 93.9 Å². The van der Waals surface area contributed by atoms with Crippen molar-refractivity contribution < 1.29 is 18.6 Å². The molecule has 0 saturated carbocycles. The van der Waals surface area contributed by atoms with Crippen LogP contribution in [0.1, 0.15) is 19.4 Å². The molecule has 1 aromatic carbocycles. The smallest absolute Gasteiger partial charge is 0.200 e. The van der Waals surface area contributed by atoms with Gasteiger partial charge in [-0.05, 0) is 30.0 Å². The van der Waals surface area contributed by atoms with Crippen molar-refractivity contribution in [1.82, 2.24) is 0 Å². The molecule has 0 aliphatic heterocycles. The lowest BCUT2D eigenvalue weighted by molar-refractivity contribution is 0.254. The number of rotatable bonds is 5. The van der Waals surface area contributed by atoms with Gasteiger partial charge in [0.15, 0.2) is 11.6 Å². The second-order valence-corrected chi connectivity index (χ2v) is 4.07. The van der Waals surface area contributed by atoms with E-state index in [4.69, 9.17) is 9.84 Å². The number of benzene rings is 1. The summed E-state index contributed by atoms with van der Waals surface area (Å²) in [7, 11) is 0. The van der Waals surface area contributed by atoms with E-state index in [0.717, 1.165) is 6.07 Å². The summed E-state index contributed by atoms with van der Waals surface area (Å²) in [6.45, 7) is 4.07. The Morgan fingerprint density at radius 3 is 2.56 bits per heavy atom. The number of aliphatic hydroxyl groups excluding tert-OH is 1. The van der Waals surface area contributed by atoms with Crippen molar-refractivity contribution in [2.24, 2.45) is 5.92 Å². The molecule has 2 nitrogen and oxygen atoms in total. The topological polar surface area (TPSA) is 29.5 Å². The Balaban J connectivity index is 2.88. The zero-order chi connectivity index (χ0) is 12.1. The van der Waals surface area contributed by atoms with Gasteiger partial charge in [-0.25, -0.2) is 4.39 Å². The van der Waals surface area contributed by atoms with E-state index in [1.807, 2.05) is 13.8 Å². The predicted octanol–water partition coefficient (Wildman–Crippen LogP) is 2.53. The third kappa shape index (κ3) is 3.45. The predicted molar refractivity (Wildman–Crippen MR) is 57.5 cm³/mol. The molecule has 1 aromatic rings. The van der Waals surface area contributed by atoms with Crippen LogP contribution in [0.3, 0.4) is 0 Å². The molecule has 0 fully saturated rings. The van der Waals surface area contributed by atoms with Crippen LogP contribution in [0.25, 0.3) is 0 Å². The number of hydrogen-bond acceptors (Lipinski definition) is 2. The lowest BCUT2D eigenvalue weighted by atomic mass is 10.1. The van der Waals surface area contributed by atoms with E-state index in [9.17, 15) is 8.78 Å². The number of halogens is 2. The summed E-state index contributed by atoms with van der Waals surface area (Å²) in [6.07, 6.45) is 0.287. The van der Waals surface area contributed by atoms with E-state index in [2.05, 4.69) is 0 Å². The van der Waals surface area contributed by atoms with Gasteiger partial charge in [-0.1, -0.05) is 13.8 Å². The molecule has 16 heavy (non-hydrogen) atoms. The van der Waals surface area contributed by atoms with Crippen LogP contribution >= 0.6 is 0 Å². The first-order valence-electron chi connectivity index (χ1n) is 5.26. The van der Waals surface area contributed by atoms with Gasteiger partial charge in [0.2, 0.25) is 5.82 Å². The minimum atomic E-state index is -0.970. The molecule has 4 heteroatoms. The first kappa shape index (κ1) is 12.9. The summed E-state index contributed by atoms with van der Waals surface area (Å²) in [4.78, 5) is 0. The number of hydrogen-bond donors (Lipinski definition) is 1. The minimum Gasteiger partial charge on any atom is -0.490 e. The molecule has 0 atom stereocenters. The van der Waals surface area contributed by atoms with E-state index in [0.29, 0.717) is 12.2 Å². The molecule has 0 aliphatic rings. The molecule has 0 bridgehead atoms. The summed E-state index contributed by atoms with van der Waals surface area (Å²) in [5.41, 5.74) is 0.528. The fraction of sp³-hybridized carbons (Fsp3) is 0.500. The van der Waals surface area contributed by atoms with Gasteiger partial charge in [0, 0.05) is 6.61 Å². The van der Waals surface area contributed by atoms with Crippen LogP contribution in [-0.4, -0.2) is 18.3 Å². The Morgan fingerprint density at radius 2 is 2.00 bits per heavy atom. The Hall–Kier alpha value is -1.16. The summed E-state index contributed by atoms with van der Waals surface area (Å²) in [5, 5.41) is 8.73. The fourth-order valence-corrected chi connectivity index (χ4v) is 1.25. The van der Waals surface area contributed by atoms with Crippen molar-refractivity contribution in [1.29, 1.82) is 0 Å². The van der Waals surface area contributed by atoms with Gasteiger partial charge in [0.25, 0.3) is 0 Å². The third-order valence-corrected chi connectivity index (χ3v) is 2.03. The molecular weight excluding hydrogens is 214 g/mol. The highest BCUT2D eigenvalue weighted by atomic mass is 19.2. The van der Waals surface area contributed by atoms with Gasteiger partial charge in [0.1, 0.15) is 0 Å². The zero-order valence-corrected chi connectivity index (χ0v) is 9.46. The number of aliphatic hydroxyl groups is 1. The normalized spacial score (nSPS) is 10.9. The molecule has 1 rings (SSSR count). The van der Waals surface area contributed by atoms with Gasteiger partial charge in [-0.3, -0.25) is 0 Å². The molecule has 0 aromatic heterocycles. The van der Waals surface area contributed by atoms with Crippen LogP contribution < -0.4 is 4.74 Å². The van der Waals surface area contributed by atoms with E-state index in [-0.39, 0.29) is 24.7 Å². The number of ether oxygens (including phenoxy) is 1. The summed E-state index contributed by atoms with van der Waals surface area (Å²) < 4.78 is 31.6. The van der Waals surface area contributed by atoms with E-state index in [1.165, 1.54) is 6.07 Å². The highest BCUT2D eigenvalue weighted by Gasteiger charge is 2.12. The third-order valence-electron chi connectivity index (χ3n) is 2.03. The molecule has 90 valence electrons. The van der Waals surface area contributed by atoms with Crippen molar-refractivity contribution in [2.45, 2.75) is 20.3 Å². The van der Waals surface area contributed by atoms with Gasteiger partial charge in [-0.2, -0.15) is 4.39 Å². The lowest BCUT2D eigenvalue weighted by Gasteiger charge is -2.11. The molecule has 0 radical (unpaired) electrons. The minimum absolute atomic E-state index is 0.0860. The van der Waals surface area contributed by atoms with Gasteiger partial charge in [0.05, 0.1) is 6.61 Å². The Bertz CT molecular complexity index is 351. The van der Waals surface area contributed by atoms with E-state index < -0.39 is 11.6 Å². The van der Waals surface area contributed by atoms with Gasteiger partial charge in [-0.15, -0.1) is 0 Å². The zero-order valence-electron chi connectivity index (χ0n) is 9.46. The molecule has 1 N–H and O–H groups in total. The van der Waals surface area contributed by atoms with E-state index >= 15 is 0 Å². The lowest BCUT2D eigenvalue weighted by Crippen LogP contribution is -2.07. The summed E-state index contributed by atoms with van der Waals surface area (Å²) >= 11 is 0. The summed E-state index contributed by atoms with van der Waals surface area (Å²) in [6, 6.07) is 2.50. The highest BCUT2D eigenvalue weighted by Crippen LogP contribution is 2.23. The quantitative estimate of drug-likeness (QED) is 0.842. The first-order valence-corrected chi connectivity index (χ1v) is 5.26. The fourth-order valence-electron chi connectivity index (χ4n) is 1.25. The highest BCUT2D eigenvalue weighted by molar-refractivity contribution is 5.31. The van der Waals surface area contributed by atoms with E-state index in [1.54, 1.807) is 0 Å². The van der Waals surface area contributed by atoms with Crippen molar-refractivity contribution in [3.8, 4) is 5.75 Å². The Morgan fingerprint density at radius 1 is 1.31 bits per heavy atom. The van der Waals surface area contributed by atoms with Crippen molar-refractivity contribution in [3.63, 3.8) is 0 Å². The average Bonchev–Trinajstić information content (AvgIpc) is 2.21. The van der Waals surface area contributed by atoms with Crippen LogP contribution in [0.4, 0.5) is 8.78 Å². The molecule has 0 spiro atoms. The first-order chi connectivity index (χ1) is 7.54. The molecular formula is C12H16F2O2. The van der Waals surface area contributed by atoms with Crippen LogP contribution in [-0.2, 0) is 6.42 Å². The van der Waals surface area contributed by atoms with Crippen molar-refractivity contribution in [3.05, 3.63) is 29.3 Å². The molecule has 0 heterocycles. The second-order valence-electron chi connectivity index (χ2n) is 4.07. The second kappa shape index (κ2) is 5.80. The van der Waals surface area contributed by atoms with Gasteiger partial charge >= 0.3 is 0 Å². The maximum Gasteiger partial charge on any atom is 0.200 e. The molecule has 0 unspecified atom stereocenters. The maximum absolute atomic E-state index is 13.3. The monoisotopic (exact) mass is 230 g/mol. The maximum atomic E-state index is 13.3. The molecule has 0 aliphatic carbocycles. The standard InChI is InChI=1S/C12H16F2O2/c1-8(2)7-16-11-6-9(3-4-15)5-10(13)12(11)14/h5-6,8,15H,3-4,7H2,1-2H3. The van der Waals surface area contributed by atoms with Gasteiger partial charge < -0.3 is 9.84 Å². The van der Waals surface area contributed by atoms with Crippen LogP contribution in [0.5, 0.6) is 5.75 Å².